The van der Waals surface area contributed by atoms with Crippen molar-refractivity contribution in [3.05, 3.63) is 0 Å². The van der Waals surface area contributed by atoms with E-state index in [0.717, 1.165) is 12.8 Å². The van der Waals surface area contributed by atoms with E-state index in [1.807, 2.05) is 41.8 Å². The van der Waals surface area contributed by atoms with Gasteiger partial charge in [-0.1, -0.05) is 41.5 Å². The Labute approximate surface area is 256 Å². The second kappa shape index (κ2) is 15.0. The largest absolute Gasteiger partial charge is 0.459 e. The molecule has 248 valence electrons. The lowest BCUT2D eigenvalue weighted by molar-refractivity contribution is -0.289. The molecule has 0 radical (unpaired) electrons. The van der Waals surface area contributed by atoms with Crippen LogP contribution in [-0.4, -0.2) is 112 Å². The average Bonchev–Trinajstić information content (AvgIpc) is 2.88. The molecular formula is C33H64N2O7. The fourth-order valence-electron chi connectivity index (χ4n) is 7.47. The normalized spacial score (nSPS) is 43.6. The number of hydrogen-bond donors (Lipinski definition) is 3. The predicted octanol–water partition coefficient (Wildman–Crippen LogP) is 4.06. The Bertz CT molecular complexity index is 852. The summed E-state index contributed by atoms with van der Waals surface area (Å²) >= 11 is 0. The molecule has 3 N–H and O–H groups in total. The number of rotatable bonds is 5. The number of nitrogens with zero attached hydrogens (tertiary/aromatic N) is 2. The third kappa shape index (κ3) is 8.89. The molecule has 0 unspecified atom stereocenters. The summed E-state index contributed by atoms with van der Waals surface area (Å²) < 4.78 is 18.9. The molecule has 0 saturated carbocycles. The highest BCUT2D eigenvalue weighted by Crippen LogP contribution is 2.41. The first-order valence-corrected chi connectivity index (χ1v) is 16.3. The van der Waals surface area contributed by atoms with Gasteiger partial charge in [0.15, 0.2) is 6.29 Å². The highest BCUT2D eigenvalue weighted by Gasteiger charge is 2.47. The summed E-state index contributed by atoms with van der Waals surface area (Å²) in [4.78, 5) is 17.6. The third-order valence-electron chi connectivity index (χ3n) is 10.2. The van der Waals surface area contributed by atoms with Crippen molar-refractivity contribution in [1.29, 1.82) is 0 Å². The summed E-state index contributed by atoms with van der Waals surface area (Å²) in [6.07, 6.45) is -1.52. The summed E-state index contributed by atoms with van der Waals surface area (Å²) in [6.45, 7) is 22.8. The van der Waals surface area contributed by atoms with E-state index in [2.05, 4.69) is 51.3 Å². The molecule has 0 aromatic heterocycles. The number of aliphatic hydroxyl groups is 3. The van der Waals surface area contributed by atoms with E-state index in [0.29, 0.717) is 19.4 Å². The van der Waals surface area contributed by atoms with Crippen LogP contribution in [0.1, 0.15) is 102 Å². The predicted molar refractivity (Wildman–Crippen MR) is 166 cm³/mol. The SMILES string of the molecule is CC[C@H]1OC(=O)[C@H](C)C[C@H](C)[C@@H](O[C@@H]2O[C@H](C)C[C@H](N(C)C(C)C)[C@H]2O)C(C)(C)C[C@@H](C)CN(C)[C@H](C)[C@@H](O)[C@]1(C)O. The molecule has 42 heavy (non-hydrogen) atoms. The molecule has 0 aromatic carbocycles. The molecule has 12 atom stereocenters. The molecule has 0 aromatic rings. The van der Waals surface area contributed by atoms with Crippen LogP contribution in [0.15, 0.2) is 0 Å². The van der Waals surface area contributed by atoms with Gasteiger partial charge in [0, 0.05) is 24.7 Å². The lowest BCUT2D eigenvalue weighted by Crippen LogP contribution is -2.59. The maximum atomic E-state index is 13.4. The van der Waals surface area contributed by atoms with E-state index < -0.39 is 42.1 Å². The van der Waals surface area contributed by atoms with Gasteiger partial charge in [-0.25, -0.2) is 0 Å². The van der Waals surface area contributed by atoms with Crippen LogP contribution in [0.2, 0.25) is 0 Å². The van der Waals surface area contributed by atoms with Crippen LogP contribution in [-0.2, 0) is 19.0 Å². The van der Waals surface area contributed by atoms with Gasteiger partial charge in [-0.15, -0.1) is 0 Å². The van der Waals surface area contributed by atoms with Crippen LogP contribution in [0.3, 0.4) is 0 Å². The molecule has 2 aliphatic rings. The van der Waals surface area contributed by atoms with Crippen molar-refractivity contribution in [1.82, 2.24) is 9.80 Å². The second-order valence-electron chi connectivity index (χ2n) is 15.0. The van der Waals surface area contributed by atoms with Gasteiger partial charge in [-0.2, -0.15) is 0 Å². The van der Waals surface area contributed by atoms with Gasteiger partial charge >= 0.3 is 5.97 Å². The van der Waals surface area contributed by atoms with Gasteiger partial charge in [-0.3, -0.25) is 9.69 Å². The van der Waals surface area contributed by atoms with Crippen LogP contribution >= 0.6 is 0 Å². The van der Waals surface area contributed by atoms with Crippen molar-refractivity contribution in [2.24, 2.45) is 23.2 Å². The highest BCUT2D eigenvalue weighted by atomic mass is 16.7. The molecule has 0 bridgehead atoms. The van der Waals surface area contributed by atoms with Crippen molar-refractivity contribution < 1.29 is 34.3 Å². The fraction of sp³-hybridized carbons (Fsp3) is 0.970. The number of cyclic esters (lactones) is 1. The highest BCUT2D eigenvalue weighted by molar-refractivity contribution is 5.72. The first-order chi connectivity index (χ1) is 19.2. The lowest BCUT2D eigenvalue weighted by atomic mass is 9.72. The molecule has 0 amide bonds. The summed E-state index contributed by atoms with van der Waals surface area (Å²) in [7, 11) is 3.99. The minimum Gasteiger partial charge on any atom is -0.459 e. The Morgan fingerprint density at radius 3 is 2.24 bits per heavy atom. The summed E-state index contributed by atoms with van der Waals surface area (Å²) in [5, 5.41) is 34.1. The van der Waals surface area contributed by atoms with Gasteiger partial charge < -0.3 is 34.4 Å². The van der Waals surface area contributed by atoms with Gasteiger partial charge in [-0.05, 0) is 91.6 Å². The fourth-order valence-corrected chi connectivity index (χ4v) is 7.47. The number of carbonyl (C=O) groups is 1. The Morgan fingerprint density at radius 1 is 1.10 bits per heavy atom. The number of carbonyl (C=O) groups excluding carboxylic acids is 1. The Hall–Kier alpha value is -0.810. The molecule has 9 nitrogen and oxygen atoms in total. The molecular weight excluding hydrogens is 536 g/mol. The number of likely N-dealkylation sites (N-methyl/N-ethyl adjacent to an activating group) is 2. The lowest BCUT2D eigenvalue weighted by Gasteiger charge is -2.47. The van der Waals surface area contributed by atoms with E-state index >= 15 is 0 Å². The van der Waals surface area contributed by atoms with Crippen molar-refractivity contribution in [3.63, 3.8) is 0 Å². The van der Waals surface area contributed by atoms with Crippen molar-refractivity contribution in [2.75, 3.05) is 20.6 Å². The number of aliphatic hydroxyl groups excluding tert-OH is 2. The first kappa shape index (κ1) is 37.4. The molecule has 0 spiro atoms. The monoisotopic (exact) mass is 600 g/mol. The molecule has 2 fully saturated rings. The Kier molecular flexibility index (Phi) is 13.3. The summed E-state index contributed by atoms with van der Waals surface area (Å²) in [5.41, 5.74) is -1.94. The van der Waals surface area contributed by atoms with Crippen molar-refractivity contribution >= 4 is 5.97 Å². The van der Waals surface area contributed by atoms with Crippen LogP contribution in [0.25, 0.3) is 0 Å². The van der Waals surface area contributed by atoms with E-state index in [4.69, 9.17) is 14.2 Å². The van der Waals surface area contributed by atoms with Gasteiger partial charge in [0.1, 0.15) is 23.9 Å². The van der Waals surface area contributed by atoms with Crippen LogP contribution < -0.4 is 0 Å². The van der Waals surface area contributed by atoms with Gasteiger partial charge in [0.25, 0.3) is 0 Å². The molecule has 0 aliphatic carbocycles. The minimum atomic E-state index is -1.61. The first-order valence-electron chi connectivity index (χ1n) is 16.3. The quantitative estimate of drug-likeness (QED) is 0.402. The molecule has 2 rings (SSSR count). The average molecular weight is 601 g/mol. The zero-order valence-corrected chi connectivity index (χ0v) is 28.8. The maximum absolute atomic E-state index is 13.4. The second-order valence-corrected chi connectivity index (χ2v) is 15.0. The molecule has 2 saturated heterocycles. The summed E-state index contributed by atoms with van der Waals surface area (Å²) in [5.74, 6) is -0.677. The topological polar surface area (TPSA) is 112 Å². The number of hydrogen-bond acceptors (Lipinski definition) is 9. The molecule has 2 heterocycles. The van der Waals surface area contributed by atoms with Crippen LogP contribution in [0.4, 0.5) is 0 Å². The Morgan fingerprint density at radius 2 is 1.69 bits per heavy atom. The summed E-state index contributed by atoms with van der Waals surface area (Å²) in [6, 6.07) is -0.190. The van der Waals surface area contributed by atoms with E-state index in [-0.39, 0.29) is 47.6 Å². The van der Waals surface area contributed by atoms with Crippen molar-refractivity contribution in [2.45, 2.75) is 162 Å². The minimum absolute atomic E-state index is 0.0583. The number of ether oxygens (including phenoxy) is 3. The van der Waals surface area contributed by atoms with E-state index in [9.17, 15) is 20.1 Å². The standard InChI is InChI=1S/C33H64N2O7/c1-14-26-33(11,39)28(37)24(8)34(12)18-20(4)17-32(9,10)29(21(5)15-22(6)30(38)41-26)42-31-27(36)25(16-23(7)40-31)35(13)19(2)3/h19-29,31,36-37,39H,14-18H2,1-13H3/t20-,21+,22-,23-,24-,25+,26-,27-,28-,29-,31+,33-/m1/s1. The van der Waals surface area contributed by atoms with Crippen LogP contribution in [0, 0.1) is 23.2 Å². The molecule has 9 heteroatoms. The zero-order valence-electron chi connectivity index (χ0n) is 28.8. The van der Waals surface area contributed by atoms with Crippen LogP contribution in [0.5, 0.6) is 0 Å². The number of esters is 1. The molecule has 2 aliphatic heterocycles. The smallest absolute Gasteiger partial charge is 0.309 e. The van der Waals surface area contributed by atoms with Gasteiger partial charge in [0.05, 0.1) is 18.1 Å². The van der Waals surface area contributed by atoms with E-state index in [1.54, 1.807) is 6.92 Å². The third-order valence-corrected chi connectivity index (χ3v) is 10.2. The Balaban J connectivity index is 2.46. The zero-order chi connectivity index (χ0) is 32.3. The van der Waals surface area contributed by atoms with E-state index in [1.165, 1.54) is 0 Å². The maximum Gasteiger partial charge on any atom is 0.309 e. The van der Waals surface area contributed by atoms with Gasteiger partial charge in [0.2, 0.25) is 0 Å². The van der Waals surface area contributed by atoms with Crippen molar-refractivity contribution in [3.8, 4) is 0 Å².